The molecule has 174 valence electrons. The van der Waals surface area contributed by atoms with Crippen LogP contribution in [-0.2, 0) is 11.3 Å². The second kappa shape index (κ2) is 9.22. The van der Waals surface area contributed by atoms with Gasteiger partial charge in [0.25, 0.3) is 5.56 Å². The highest BCUT2D eigenvalue weighted by Crippen LogP contribution is 2.33. The molecule has 1 fully saturated rings. The predicted octanol–water partition coefficient (Wildman–Crippen LogP) is 3.48. The molecule has 5 rings (SSSR count). The van der Waals surface area contributed by atoms with Crippen LogP contribution in [0.2, 0.25) is 0 Å². The average Bonchev–Trinajstić information content (AvgIpc) is 3.50. The summed E-state index contributed by atoms with van der Waals surface area (Å²) >= 11 is 1.26. The summed E-state index contributed by atoms with van der Waals surface area (Å²) in [4.78, 5) is 39.8. The van der Waals surface area contributed by atoms with Gasteiger partial charge in [-0.2, -0.15) is 0 Å². The predicted molar refractivity (Wildman–Crippen MR) is 129 cm³/mol. The Labute approximate surface area is 198 Å². The molecular weight excluding hydrogens is 457 g/mol. The van der Waals surface area contributed by atoms with E-state index in [-0.39, 0.29) is 29.0 Å². The molecule has 0 aliphatic carbocycles. The number of hydrogen-bond donors (Lipinski definition) is 2. The molecule has 1 unspecified atom stereocenters. The van der Waals surface area contributed by atoms with E-state index in [4.69, 9.17) is 4.74 Å². The number of H-pyrrole nitrogens is 1. The second-order valence-electron chi connectivity index (χ2n) is 7.96. The fourth-order valence-electron chi connectivity index (χ4n) is 4.10. The van der Waals surface area contributed by atoms with E-state index >= 15 is 0 Å². The summed E-state index contributed by atoms with van der Waals surface area (Å²) in [6, 6.07) is 13.4. The number of nitrogens with one attached hydrogen (secondary N) is 2. The Morgan fingerprint density at radius 1 is 1.26 bits per heavy atom. The van der Waals surface area contributed by atoms with Gasteiger partial charge in [-0.05, 0) is 30.5 Å². The van der Waals surface area contributed by atoms with Crippen LogP contribution >= 0.6 is 11.3 Å². The highest BCUT2D eigenvalue weighted by atomic mass is 32.1. The SMILES string of the molecule is COc1cc(F)ccc1-c1nc2sc(N3CCCC3C(=O)NCc3ccccc3)nc2c(=O)[nH]1. The molecular formula is C24H22FN5O3S. The van der Waals surface area contributed by atoms with Crippen LogP contribution in [0.4, 0.5) is 9.52 Å². The first-order valence-electron chi connectivity index (χ1n) is 10.9. The number of methoxy groups -OCH3 is 1. The number of anilines is 1. The zero-order valence-corrected chi connectivity index (χ0v) is 19.2. The topological polar surface area (TPSA) is 100 Å². The summed E-state index contributed by atoms with van der Waals surface area (Å²) in [5.41, 5.74) is 1.30. The number of aromatic amines is 1. The van der Waals surface area contributed by atoms with Crippen LogP contribution in [0.25, 0.3) is 21.7 Å². The number of nitrogens with zero attached hydrogens (tertiary/aromatic N) is 3. The number of halogens is 1. The summed E-state index contributed by atoms with van der Waals surface area (Å²) in [6.45, 7) is 1.12. The van der Waals surface area contributed by atoms with Crippen molar-refractivity contribution in [2.45, 2.75) is 25.4 Å². The van der Waals surface area contributed by atoms with E-state index in [9.17, 15) is 14.0 Å². The lowest BCUT2D eigenvalue weighted by molar-refractivity contribution is -0.122. The molecule has 0 radical (unpaired) electrons. The van der Waals surface area contributed by atoms with Gasteiger partial charge in [0.1, 0.15) is 23.4 Å². The smallest absolute Gasteiger partial charge is 0.278 e. The van der Waals surface area contributed by atoms with Crippen molar-refractivity contribution in [2.75, 3.05) is 18.6 Å². The van der Waals surface area contributed by atoms with Crippen LogP contribution in [0.3, 0.4) is 0 Å². The largest absolute Gasteiger partial charge is 0.496 e. The number of amides is 1. The van der Waals surface area contributed by atoms with Crippen molar-refractivity contribution < 1.29 is 13.9 Å². The van der Waals surface area contributed by atoms with Crippen molar-refractivity contribution in [1.82, 2.24) is 20.3 Å². The molecule has 1 aliphatic rings. The minimum atomic E-state index is -0.449. The lowest BCUT2D eigenvalue weighted by Gasteiger charge is -2.23. The maximum absolute atomic E-state index is 13.6. The number of hydrogen-bond acceptors (Lipinski definition) is 7. The summed E-state index contributed by atoms with van der Waals surface area (Å²) in [5.74, 6) is 0.0130. The van der Waals surface area contributed by atoms with Crippen molar-refractivity contribution in [3.05, 3.63) is 70.3 Å². The first-order valence-corrected chi connectivity index (χ1v) is 11.7. The number of thiazole rings is 1. The zero-order valence-electron chi connectivity index (χ0n) is 18.4. The molecule has 0 saturated carbocycles. The van der Waals surface area contributed by atoms with Crippen molar-refractivity contribution in [1.29, 1.82) is 0 Å². The zero-order chi connectivity index (χ0) is 23.7. The van der Waals surface area contributed by atoms with Crippen molar-refractivity contribution in [2.24, 2.45) is 0 Å². The Morgan fingerprint density at radius 3 is 2.88 bits per heavy atom. The molecule has 8 nitrogen and oxygen atoms in total. The highest BCUT2D eigenvalue weighted by molar-refractivity contribution is 7.21. The molecule has 0 bridgehead atoms. The maximum Gasteiger partial charge on any atom is 0.278 e. The average molecular weight is 480 g/mol. The standard InChI is InChI=1S/C24H22FN5O3S/c1-33-18-12-15(25)9-10-16(18)20-28-22(32)19-23(29-20)34-24(27-19)30-11-5-8-17(30)21(31)26-13-14-6-3-2-4-7-14/h2-4,6-7,9-10,12,17H,5,8,11,13H2,1H3,(H,26,31)(H,28,29,32). The van der Waals surface area contributed by atoms with Crippen molar-refractivity contribution in [3.63, 3.8) is 0 Å². The van der Waals surface area contributed by atoms with Gasteiger partial charge in [0, 0.05) is 19.2 Å². The first kappa shape index (κ1) is 22.0. The lowest BCUT2D eigenvalue weighted by Crippen LogP contribution is -2.43. The number of carbonyl (C=O) groups excluding carboxylic acids is 1. The number of carbonyl (C=O) groups is 1. The molecule has 10 heteroatoms. The third-order valence-corrected chi connectivity index (χ3v) is 6.77. The molecule has 0 spiro atoms. The van der Waals surface area contributed by atoms with Crippen LogP contribution in [-0.4, -0.2) is 40.6 Å². The van der Waals surface area contributed by atoms with Crippen molar-refractivity contribution >= 4 is 32.7 Å². The third-order valence-electron chi connectivity index (χ3n) is 5.79. The van der Waals surface area contributed by atoms with Crippen LogP contribution in [0, 0.1) is 5.82 Å². The number of ether oxygens (including phenoxy) is 1. The van der Waals surface area contributed by atoms with Crippen molar-refractivity contribution in [3.8, 4) is 17.1 Å². The molecule has 2 N–H and O–H groups in total. The second-order valence-corrected chi connectivity index (χ2v) is 8.92. The van der Waals surface area contributed by atoms with Gasteiger partial charge in [0.2, 0.25) is 5.91 Å². The fourth-order valence-corrected chi connectivity index (χ4v) is 5.12. The van der Waals surface area contributed by atoms with E-state index < -0.39 is 11.4 Å². The molecule has 34 heavy (non-hydrogen) atoms. The molecule has 1 amide bonds. The van der Waals surface area contributed by atoms with Crippen LogP contribution in [0.15, 0.2) is 53.3 Å². The van der Waals surface area contributed by atoms with E-state index in [1.807, 2.05) is 35.2 Å². The third kappa shape index (κ3) is 4.24. The van der Waals surface area contributed by atoms with Gasteiger partial charge in [0.05, 0.1) is 12.7 Å². The van der Waals surface area contributed by atoms with E-state index in [0.717, 1.165) is 12.0 Å². The number of benzene rings is 2. The quantitative estimate of drug-likeness (QED) is 0.439. The maximum atomic E-state index is 13.6. The van der Waals surface area contributed by atoms with Gasteiger partial charge >= 0.3 is 0 Å². The Balaban J connectivity index is 1.42. The first-order chi connectivity index (χ1) is 16.5. The molecule has 3 heterocycles. The minimum Gasteiger partial charge on any atom is -0.496 e. The molecule has 2 aromatic carbocycles. The Morgan fingerprint density at radius 2 is 2.09 bits per heavy atom. The van der Waals surface area contributed by atoms with E-state index in [2.05, 4.69) is 20.3 Å². The Bertz CT molecular complexity index is 1410. The lowest BCUT2D eigenvalue weighted by atomic mass is 10.2. The Kier molecular flexibility index (Phi) is 5.97. The van der Waals surface area contributed by atoms with Gasteiger partial charge in [-0.25, -0.2) is 14.4 Å². The number of rotatable bonds is 6. The van der Waals surface area contributed by atoms with E-state index in [1.165, 1.54) is 36.6 Å². The fraction of sp³-hybridized carbons (Fsp3) is 0.250. The van der Waals surface area contributed by atoms with Crippen LogP contribution < -0.4 is 20.5 Å². The van der Waals surface area contributed by atoms with E-state index in [0.29, 0.717) is 35.0 Å². The van der Waals surface area contributed by atoms with Crippen LogP contribution in [0.1, 0.15) is 18.4 Å². The number of aromatic nitrogens is 3. The number of fused-ring (bicyclic) bond motifs is 1. The van der Waals surface area contributed by atoms with Gasteiger partial charge in [-0.15, -0.1) is 0 Å². The van der Waals surface area contributed by atoms with Gasteiger partial charge < -0.3 is 19.9 Å². The van der Waals surface area contributed by atoms with Crippen LogP contribution in [0.5, 0.6) is 5.75 Å². The molecule has 4 aromatic rings. The minimum absolute atomic E-state index is 0.0702. The molecule has 1 saturated heterocycles. The Hall–Kier alpha value is -3.79. The molecule has 1 aliphatic heterocycles. The van der Waals surface area contributed by atoms with E-state index in [1.54, 1.807) is 0 Å². The normalized spacial score (nSPS) is 15.6. The van der Waals surface area contributed by atoms with Gasteiger partial charge in [-0.1, -0.05) is 41.7 Å². The monoisotopic (exact) mass is 479 g/mol. The summed E-state index contributed by atoms with van der Waals surface area (Å²) in [6.07, 6.45) is 1.56. The highest BCUT2D eigenvalue weighted by Gasteiger charge is 2.33. The molecule has 1 atom stereocenters. The van der Waals surface area contributed by atoms with Gasteiger partial charge in [-0.3, -0.25) is 9.59 Å². The summed E-state index contributed by atoms with van der Waals surface area (Å²) in [7, 11) is 1.43. The molecule has 2 aromatic heterocycles. The summed E-state index contributed by atoms with van der Waals surface area (Å²) in [5, 5.41) is 3.58. The van der Waals surface area contributed by atoms with Gasteiger partial charge in [0.15, 0.2) is 15.5 Å². The summed E-state index contributed by atoms with van der Waals surface area (Å²) < 4.78 is 18.8.